The Kier molecular flexibility index (Phi) is 5.22. The van der Waals surface area contributed by atoms with E-state index in [1.165, 1.54) is 0 Å². The molecule has 1 aromatic rings. The SMILES string of the molecule is O=C(O)CC1(NC(=O)Nc2cccc(Br)c2)CCCCC1. The highest BCUT2D eigenvalue weighted by Crippen LogP contribution is 2.31. The van der Waals surface area contributed by atoms with Crippen molar-refractivity contribution in [1.29, 1.82) is 0 Å². The molecule has 0 atom stereocenters. The van der Waals surface area contributed by atoms with Gasteiger partial charge in [-0.3, -0.25) is 4.79 Å². The van der Waals surface area contributed by atoms with Crippen LogP contribution < -0.4 is 10.6 Å². The van der Waals surface area contributed by atoms with Gasteiger partial charge in [-0.05, 0) is 31.0 Å². The third-order valence-corrected chi connectivity index (χ3v) is 4.25. The molecular formula is C15H19BrN2O3. The first-order chi connectivity index (χ1) is 9.99. The van der Waals surface area contributed by atoms with Crippen molar-refractivity contribution in [3.63, 3.8) is 0 Å². The van der Waals surface area contributed by atoms with Crippen molar-refractivity contribution in [2.24, 2.45) is 0 Å². The van der Waals surface area contributed by atoms with Gasteiger partial charge in [0.15, 0.2) is 0 Å². The predicted octanol–water partition coefficient (Wildman–Crippen LogP) is 3.75. The minimum Gasteiger partial charge on any atom is -0.481 e. The summed E-state index contributed by atoms with van der Waals surface area (Å²) in [5.41, 5.74) is 0.0448. The zero-order valence-corrected chi connectivity index (χ0v) is 13.3. The molecule has 0 heterocycles. The van der Waals surface area contributed by atoms with Crippen molar-refractivity contribution in [3.8, 4) is 0 Å². The lowest BCUT2D eigenvalue weighted by atomic mass is 9.79. The summed E-state index contributed by atoms with van der Waals surface area (Å²) in [4.78, 5) is 23.2. The van der Waals surface area contributed by atoms with E-state index < -0.39 is 11.5 Å². The van der Waals surface area contributed by atoms with Crippen molar-refractivity contribution in [3.05, 3.63) is 28.7 Å². The van der Waals surface area contributed by atoms with Gasteiger partial charge < -0.3 is 15.7 Å². The van der Waals surface area contributed by atoms with Gasteiger partial charge >= 0.3 is 12.0 Å². The largest absolute Gasteiger partial charge is 0.481 e. The van der Waals surface area contributed by atoms with Gasteiger partial charge in [0, 0.05) is 10.2 Å². The van der Waals surface area contributed by atoms with Crippen LogP contribution >= 0.6 is 15.9 Å². The van der Waals surface area contributed by atoms with Gasteiger partial charge in [0.2, 0.25) is 0 Å². The fraction of sp³-hybridized carbons (Fsp3) is 0.467. The first kappa shape index (κ1) is 15.8. The van der Waals surface area contributed by atoms with E-state index in [1.54, 1.807) is 12.1 Å². The second kappa shape index (κ2) is 6.93. The van der Waals surface area contributed by atoms with E-state index in [0.29, 0.717) is 18.5 Å². The number of carbonyl (C=O) groups is 2. The number of rotatable bonds is 4. The Balaban J connectivity index is 2.02. The smallest absolute Gasteiger partial charge is 0.319 e. The number of hydrogen-bond acceptors (Lipinski definition) is 2. The van der Waals surface area contributed by atoms with Crippen LogP contribution in [0.3, 0.4) is 0 Å². The molecule has 2 rings (SSSR count). The highest BCUT2D eigenvalue weighted by atomic mass is 79.9. The highest BCUT2D eigenvalue weighted by Gasteiger charge is 2.35. The standard InChI is InChI=1S/C15H19BrN2O3/c16-11-5-4-6-12(9-11)17-14(21)18-15(10-13(19)20)7-2-1-3-8-15/h4-6,9H,1-3,7-8,10H2,(H,19,20)(H2,17,18,21). The van der Waals surface area contributed by atoms with Gasteiger partial charge in [-0.1, -0.05) is 41.3 Å². The van der Waals surface area contributed by atoms with E-state index in [1.807, 2.05) is 12.1 Å². The number of carbonyl (C=O) groups excluding carboxylic acids is 1. The molecule has 0 aromatic heterocycles. The minimum absolute atomic E-state index is 0.0289. The zero-order chi connectivity index (χ0) is 15.3. The lowest BCUT2D eigenvalue weighted by Crippen LogP contribution is -2.52. The number of hydrogen-bond donors (Lipinski definition) is 3. The van der Waals surface area contributed by atoms with Crippen LogP contribution in [0.1, 0.15) is 38.5 Å². The summed E-state index contributed by atoms with van der Waals surface area (Å²) in [6.45, 7) is 0. The average Bonchev–Trinajstić information content (AvgIpc) is 2.38. The molecular weight excluding hydrogens is 336 g/mol. The van der Waals surface area contributed by atoms with Crippen LogP contribution in [0.25, 0.3) is 0 Å². The maximum absolute atomic E-state index is 12.1. The van der Waals surface area contributed by atoms with Crippen molar-refractivity contribution in [2.75, 3.05) is 5.32 Å². The molecule has 0 spiro atoms. The van der Waals surface area contributed by atoms with E-state index in [0.717, 1.165) is 23.7 Å². The number of aliphatic carboxylic acids is 1. The Labute approximate surface area is 132 Å². The second-order valence-corrected chi connectivity index (χ2v) is 6.42. The van der Waals surface area contributed by atoms with Crippen LogP contribution in [0, 0.1) is 0 Å². The maximum atomic E-state index is 12.1. The van der Waals surface area contributed by atoms with Crippen molar-refractivity contribution in [1.82, 2.24) is 5.32 Å². The third kappa shape index (κ3) is 4.74. The zero-order valence-electron chi connectivity index (χ0n) is 11.7. The van der Waals surface area contributed by atoms with Crippen molar-refractivity contribution in [2.45, 2.75) is 44.1 Å². The van der Waals surface area contributed by atoms with Gasteiger partial charge in [0.1, 0.15) is 0 Å². The number of anilines is 1. The first-order valence-corrected chi connectivity index (χ1v) is 7.85. The van der Waals surface area contributed by atoms with Crippen LogP contribution in [0.15, 0.2) is 28.7 Å². The molecule has 6 heteroatoms. The molecule has 21 heavy (non-hydrogen) atoms. The molecule has 1 fully saturated rings. The molecule has 0 saturated heterocycles. The van der Waals surface area contributed by atoms with Gasteiger partial charge in [0.25, 0.3) is 0 Å². The fourth-order valence-electron chi connectivity index (χ4n) is 2.83. The molecule has 1 aliphatic rings. The number of carboxylic acids is 1. The predicted molar refractivity (Wildman–Crippen MR) is 84.4 cm³/mol. The molecule has 5 nitrogen and oxygen atoms in total. The van der Waals surface area contributed by atoms with Crippen LogP contribution in [-0.4, -0.2) is 22.6 Å². The van der Waals surface area contributed by atoms with Gasteiger partial charge in [0.05, 0.1) is 12.0 Å². The fourth-order valence-corrected chi connectivity index (χ4v) is 3.23. The van der Waals surface area contributed by atoms with Gasteiger partial charge in [-0.15, -0.1) is 0 Å². The third-order valence-electron chi connectivity index (χ3n) is 3.76. The Morgan fingerprint density at radius 2 is 1.95 bits per heavy atom. The number of urea groups is 1. The van der Waals surface area contributed by atoms with Crippen LogP contribution in [-0.2, 0) is 4.79 Å². The van der Waals surface area contributed by atoms with Crippen molar-refractivity contribution >= 4 is 33.6 Å². The Bertz CT molecular complexity index is 527. The topological polar surface area (TPSA) is 78.4 Å². The monoisotopic (exact) mass is 354 g/mol. The molecule has 0 bridgehead atoms. The number of amides is 2. The number of nitrogens with one attached hydrogen (secondary N) is 2. The molecule has 114 valence electrons. The van der Waals surface area contributed by atoms with E-state index in [4.69, 9.17) is 5.11 Å². The van der Waals surface area contributed by atoms with Crippen molar-refractivity contribution < 1.29 is 14.7 Å². The summed E-state index contributed by atoms with van der Waals surface area (Å²) in [6.07, 6.45) is 4.39. The van der Waals surface area contributed by atoms with E-state index in [-0.39, 0.29) is 12.5 Å². The summed E-state index contributed by atoms with van der Waals surface area (Å²) < 4.78 is 0.873. The Morgan fingerprint density at radius 3 is 2.57 bits per heavy atom. The number of carboxylic acid groups (broad SMARTS) is 1. The van der Waals surface area contributed by atoms with E-state index in [9.17, 15) is 9.59 Å². The van der Waals surface area contributed by atoms with Gasteiger partial charge in [-0.25, -0.2) is 4.79 Å². The number of benzene rings is 1. The van der Waals surface area contributed by atoms with E-state index in [2.05, 4.69) is 26.6 Å². The molecule has 1 aromatic carbocycles. The Hall–Kier alpha value is -1.56. The minimum atomic E-state index is -0.875. The number of halogens is 1. The molecule has 2 amide bonds. The first-order valence-electron chi connectivity index (χ1n) is 7.06. The molecule has 3 N–H and O–H groups in total. The summed E-state index contributed by atoms with van der Waals surface area (Å²) in [5, 5.41) is 14.7. The second-order valence-electron chi connectivity index (χ2n) is 5.50. The quantitative estimate of drug-likeness (QED) is 0.770. The average molecular weight is 355 g/mol. The lowest BCUT2D eigenvalue weighted by Gasteiger charge is -2.36. The highest BCUT2D eigenvalue weighted by molar-refractivity contribution is 9.10. The molecule has 0 aliphatic heterocycles. The normalized spacial score (nSPS) is 17.0. The molecule has 1 aliphatic carbocycles. The summed E-state index contributed by atoms with van der Waals surface area (Å²) >= 11 is 3.34. The lowest BCUT2D eigenvalue weighted by molar-refractivity contribution is -0.138. The summed E-state index contributed by atoms with van der Waals surface area (Å²) in [5.74, 6) is -0.875. The van der Waals surface area contributed by atoms with Gasteiger partial charge in [-0.2, -0.15) is 0 Å². The molecule has 1 saturated carbocycles. The summed E-state index contributed by atoms with van der Waals surface area (Å²) in [7, 11) is 0. The Morgan fingerprint density at radius 1 is 1.24 bits per heavy atom. The molecule has 0 radical (unpaired) electrons. The van der Waals surface area contributed by atoms with Crippen LogP contribution in [0.5, 0.6) is 0 Å². The maximum Gasteiger partial charge on any atom is 0.319 e. The van der Waals surface area contributed by atoms with Crippen LogP contribution in [0.2, 0.25) is 0 Å². The van der Waals surface area contributed by atoms with Crippen LogP contribution in [0.4, 0.5) is 10.5 Å². The van der Waals surface area contributed by atoms with E-state index >= 15 is 0 Å². The summed E-state index contributed by atoms with van der Waals surface area (Å²) in [6, 6.07) is 6.93. The molecule has 0 unspecified atom stereocenters.